The highest BCUT2D eigenvalue weighted by molar-refractivity contribution is 7.98. The van der Waals surface area contributed by atoms with Gasteiger partial charge in [0.05, 0.1) is 0 Å². The second kappa shape index (κ2) is 6.59. The summed E-state index contributed by atoms with van der Waals surface area (Å²) in [5.41, 5.74) is 3.36. The van der Waals surface area contributed by atoms with Crippen LogP contribution in [0.3, 0.4) is 0 Å². The van der Waals surface area contributed by atoms with Crippen molar-refractivity contribution < 1.29 is 18.6 Å². The standard InChI is InChI=1S/C11H18NO4PS/c1-8(2)12-16-17(13,14)15-10-7-9(3)5-6-11(10)18-4/h5-8,12H,1-4H3,(H,13,14). The van der Waals surface area contributed by atoms with Crippen molar-refractivity contribution in [3.8, 4) is 5.75 Å². The molecule has 1 atom stereocenters. The molecule has 0 fully saturated rings. The first kappa shape index (κ1) is 15.5. The van der Waals surface area contributed by atoms with Crippen molar-refractivity contribution in [2.45, 2.75) is 31.7 Å². The number of hydrogen-bond acceptors (Lipinski definition) is 5. The molecule has 0 saturated heterocycles. The summed E-state index contributed by atoms with van der Waals surface area (Å²) in [6.45, 7) is 5.46. The van der Waals surface area contributed by atoms with Crippen LogP contribution in [0, 0.1) is 6.92 Å². The van der Waals surface area contributed by atoms with Crippen molar-refractivity contribution in [2.75, 3.05) is 6.26 Å². The van der Waals surface area contributed by atoms with Gasteiger partial charge >= 0.3 is 7.82 Å². The predicted molar refractivity (Wildman–Crippen MR) is 72.8 cm³/mol. The topological polar surface area (TPSA) is 67.8 Å². The van der Waals surface area contributed by atoms with Gasteiger partial charge in [-0.3, -0.25) is 4.89 Å². The molecule has 0 aromatic heterocycles. The van der Waals surface area contributed by atoms with E-state index in [0.29, 0.717) is 5.75 Å². The molecule has 0 aliphatic heterocycles. The molecule has 0 amide bonds. The van der Waals surface area contributed by atoms with E-state index >= 15 is 0 Å². The van der Waals surface area contributed by atoms with E-state index in [1.54, 1.807) is 19.9 Å². The third-order valence-electron chi connectivity index (χ3n) is 1.94. The second-order valence-electron chi connectivity index (χ2n) is 4.08. The Kier molecular flexibility index (Phi) is 5.69. The van der Waals surface area contributed by atoms with Crippen LogP contribution in [0.2, 0.25) is 0 Å². The van der Waals surface area contributed by atoms with Crippen LogP contribution in [0.1, 0.15) is 19.4 Å². The molecule has 1 unspecified atom stereocenters. The average Bonchev–Trinajstić information content (AvgIpc) is 2.26. The minimum absolute atomic E-state index is 0.0772. The van der Waals surface area contributed by atoms with E-state index < -0.39 is 7.82 Å². The number of aryl methyl sites for hydroxylation is 1. The monoisotopic (exact) mass is 291 g/mol. The first-order valence-corrected chi connectivity index (χ1v) is 8.17. The highest BCUT2D eigenvalue weighted by Crippen LogP contribution is 2.45. The van der Waals surface area contributed by atoms with Gasteiger partial charge in [-0.1, -0.05) is 6.07 Å². The molecule has 102 valence electrons. The SMILES string of the molecule is CSc1ccc(C)cc1OP(=O)(O)ONC(C)C. The normalized spacial score (nSPS) is 14.6. The van der Waals surface area contributed by atoms with E-state index in [0.717, 1.165) is 10.5 Å². The predicted octanol–water partition coefficient (Wildman–Crippen LogP) is 3.13. The van der Waals surface area contributed by atoms with Crippen LogP contribution in [-0.2, 0) is 9.19 Å². The Hall–Kier alpha value is -0.520. The van der Waals surface area contributed by atoms with Crippen LogP contribution in [0.25, 0.3) is 0 Å². The molecule has 18 heavy (non-hydrogen) atoms. The van der Waals surface area contributed by atoms with E-state index in [2.05, 4.69) is 10.1 Å². The van der Waals surface area contributed by atoms with Gasteiger partial charge in [0.25, 0.3) is 0 Å². The molecule has 1 aromatic carbocycles. The van der Waals surface area contributed by atoms with Crippen LogP contribution >= 0.6 is 19.6 Å². The maximum absolute atomic E-state index is 11.7. The molecule has 0 radical (unpaired) electrons. The average molecular weight is 291 g/mol. The van der Waals surface area contributed by atoms with Gasteiger partial charge < -0.3 is 4.52 Å². The molecular formula is C11H18NO4PS. The van der Waals surface area contributed by atoms with Crippen molar-refractivity contribution in [1.82, 2.24) is 5.48 Å². The summed E-state index contributed by atoms with van der Waals surface area (Å²) >= 11 is 1.44. The third kappa shape index (κ3) is 5.00. The number of hydroxylamine groups is 1. The second-order valence-corrected chi connectivity index (χ2v) is 6.23. The quantitative estimate of drug-likeness (QED) is 0.477. The van der Waals surface area contributed by atoms with E-state index in [-0.39, 0.29) is 6.04 Å². The number of phosphoric acid groups is 1. The summed E-state index contributed by atoms with van der Waals surface area (Å²) in [5, 5.41) is 0. The van der Waals surface area contributed by atoms with Crippen molar-refractivity contribution in [3.63, 3.8) is 0 Å². The van der Waals surface area contributed by atoms with Gasteiger partial charge in [-0.05, 0) is 44.7 Å². The Morgan fingerprint density at radius 3 is 2.67 bits per heavy atom. The first-order valence-electron chi connectivity index (χ1n) is 5.45. The van der Waals surface area contributed by atoms with Gasteiger partial charge in [-0.25, -0.2) is 4.57 Å². The minimum Gasteiger partial charge on any atom is -0.402 e. The molecule has 0 heterocycles. The molecule has 0 spiro atoms. The van der Waals surface area contributed by atoms with Gasteiger partial charge in [0.15, 0.2) is 0 Å². The number of benzene rings is 1. The maximum atomic E-state index is 11.7. The lowest BCUT2D eigenvalue weighted by molar-refractivity contribution is 0.111. The third-order valence-corrected chi connectivity index (χ3v) is 3.48. The summed E-state index contributed by atoms with van der Waals surface area (Å²) in [7, 11) is -4.15. The Morgan fingerprint density at radius 1 is 1.44 bits per heavy atom. The van der Waals surface area contributed by atoms with Gasteiger partial charge in [0, 0.05) is 10.9 Å². The van der Waals surface area contributed by atoms with Crippen molar-refractivity contribution in [2.24, 2.45) is 0 Å². The number of phosphoric ester groups is 1. The summed E-state index contributed by atoms with van der Waals surface area (Å²) in [6, 6.07) is 5.37. The van der Waals surface area contributed by atoms with Crippen LogP contribution in [0.5, 0.6) is 5.75 Å². The van der Waals surface area contributed by atoms with E-state index in [9.17, 15) is 9.46 Å². The molecule has 5 nitrogen and oxygen atoms in total. The van der Waals surface area contributed by atoms with Gasteiger partial charge in [-0.15, -0.1) is 11.8 Å². The zero-order chi connectivity index (χ0) is 13.8. The molecule has 0 aliphatic carbocycles. The molecule has 1 aromatic rings. The Balaban J connectivity index is 2.82. The Bertz CT molecular complexity index is 453. The highest BCUT2D eigenvalue weighted by Gasteiger charge is 2.25. The number of nitrogens with one attached hydrogen (secondary N) is 1. The van der Waals surface area contributed by atoms with E-state index in [4.69, 9.17) is 4.52 Å². The molecular weight excluding hydrogens is 273 g/mol. The summed E-state index contributed by atoms with van der Waals surface area (Å²) in [6.07, 6.45) is 1.87. The van der Waals surface area contributed by atoms with Crippen LogP contribution in [0.4, 0.5) is 0 Å². The number of thioether (sulfide) groups is 1. The van der Waals surface area contributed by atoms with Crippen molar-refractivity contribution in [1.29, 1.82) is 0 Å². The fourth-order valence-electron chi connectivity index (χ4n) is 1.17. The fourth-order valence-corrected chi connectivity index (χ4v) is 2.52. The molecule has 0 saturated carbocycles. The van der Waals surface area contributed by atoms with Crippen molar-refractivity contribution >= 4 is 19.6 Å². The van der Waals surface area contributed by atoms with Crippen molar-refractivity contribution in [3.05, 3.63) is 23.8 Å². The Morgan fingerprint density at radius 2 is 2.11 bits per heavy atom. The molecule has 1 rings (SSSR count). The number of hydrogen-bond donors (Lipinski definition) is 2. The summed E-state index contributed by atoms with van der Waals surface area (Å²) in [4.78, 5) is 10.3. The zero-order valence-electron chi connectivity index (χ0n) is 10.8. The Labute approximate surface area is 111 Å². The van der Waals surface area contributed by atoms with E-state index in [1.807, 2.05) is 25.3 Å². The van der Waals surface area contributed by atoms with Gasteiger partial charge in [0.2, 0.25) is 0 Å². The largest absolute Gasteiger partial charge is 0.544 e. The molecule has 0 aliphatic rings. The smallest absolute Gasteiger partial charge is 0.402 e. The lowest BCUT2D eigenvalue weighted by Crippen LogP contribution is -2.22. The molecule has 0 bridgehead atoms. The van der Waals surface area contributed by atoms with Crippen LogP contribution in [0.15, 0.2) is 23.1 Å². The minimum atomic E-state index is -4.15. The first-order chi connectivity index (χ1) is 8.34. The zero-order valence-corrected chi connectivity index (χ0v) is 12.5. The fraction of sp³-hybridized carbons (Fsp3) is 0.455. The lowest BCUT2D eigenvalue weighted by atomic mass is 10.2. The van der Waals surface area contributed by atoms with Crippen LogP contribution < -0.4 is 10.0 Å². The van der Waals surface area contributed by atoms with E-state index in [1.165, 1.54) is 11.8 Å². The lowest BCUT2D eigenvalue weighted by Gasteiger charge is -2.16. The van der Waals surface area contributed by atoms with Gasteiger partial charge in [-0.2, -0.15) is 10.1 Å². The summed E-state index contributed by atoms with van der Waals surface area (Å²) in [5.74, 6) is 0.346. The summed E-state index contributed by atoms with van der Waals surface area (Å²) < 4.78 is 21.4. The number of rotatable bonds is 6. The van der Waals surface area contributed by atoms with Gasteiger partial charge in [0.1, 0.15) is 5.75 Å². The molecule has 2 N–H and O–H groups in total. The maximum Gasteiger partial charge on any atom is 0.544 e. The highest BCUT2D eigenvalue weighted by atomic mass is 32.2. The van der Waals surface area contributed by atoms with Crippen LogP contribution in [-0.4, -0.2) is 17.2 Å². The molecule has 7 heteroatoms.